The Hall–Kier alpha value is -1.15. The minimum absolute atomic E-state index is 0.189. The molecule has 0 radical (unpaired) electrons. The number of hydrogen-bond acceptors (Lipinski definition) is 5. The highest BCUT2D eigenvalue weighted by atomic mass is 32.2. The Morgan fingerprint density at radius 1 is 1.32 bits per heavy atom. The van der Waals surface area contributed by atoms with Gasteiger partial charge in [-0.05, 0) is 44.4 Å². The van der Waals surface area contributed by atoms with Crippen molar-refractivity contribution >= 4 is 22.1 Å². The van der Waals surface area contributed by atoms with E-state index in [1.807, 2.05) is 6.92 Å². The molecule has 7 nitrogen and oxygen atoms in total. The summed E-state index contributed by atoms with van der Waals surface area (Å²) in [7, 11) is -3.99. The lowest BCUT2D eigenvalue weighted by atomic mass is 10.0. The van der Waals surface area contributed by atoms with Gasteiger partial charge in [-0.15, -0.1) is 0 Å². The first kappa shape index (κ1) is 17.2. The molecule has 1 heterocycles. The summed E-state index contributed by atoms with van der Waals surface area (Å²) >= 11 is 0. The molecule has 126 valence electrons. The van der Waals surface area contributed by atoms with Gasteiger partial charge < -0.3 is 4.74 Å². The Morgan fingerprint density at radius 2 is 2.00 bits per heavy atom. The third-order valence-corrected chi connectivity index (χ3v) is 5.79. The van der Waals surface area contributed by atoms with Crippen molar-refractivity contribution in [3.8, 4) is 0 Å². The quantitative estimate of drug-likeness (QED) is 0.697. The summed E-state index contributed by atoms with van der Waals surface area (Å²) in [6, 6.07) is -0.828. The third kappa shape index (κ3) is 4.19. The van der Waals surface area contributed by atoms with Gasteiger partial charge in [-0.2, -0.15) is 12.7 Å². The summed E-state index contributed by atoms with van der Waals surface area (Å²) in [5.74, 6) is -0.333. The van der Waals surface area contributed by atoms with E-state index in [4.69, 9.17) is 4.74 Å². The highest BCUT2D eigenvalue weighted by molar-refractivity contribution is 7.87. The molecule has 1 saturated carbocycles. The van der Waals surface area contributed by atoms with Gasteiger partial charge in [-0.3, -0.25) is 9.59 Å². The second-order valence-electron chi connectivity index (χ2n) is 6.07. The van der Waals surface area contributed by atoms with Crippen molar-refractivity contribution in [3.05, 3.63) is 0 Å². The number of esters is 1. The molecule has 0 bridgehead atoms. The van der Waals surface area contributed by atoms with Gasteiger partial charge in [-0.25, -0.2) is 4.72 Å². The predicted molar refractivity (Wildman–Crippen MR) is 79.9 cm³/mol. The molecule has 0 unspecified atom stereocenters. The zero-order chi connectivity index (χ0) is 16.3. The summed E-state index contributed by atoms with van der Waals surface area (Å²) in [6.07, 6.45) is 3.42. The van der Waals surface area contributed by atoms with Crippen LogP contribution in [0.15, 0.2) is 0 Å². The number of rotatable bonds is 7. The van der Waals surface area contributed by atoms with Crippen LogP contribution < -0.4 is 4.72 Å². The molecular formula is C14H24N2O5S. The van der Waals surface area contributed by atoms with Crippen LogP contribution in [0.4, 0.5) is 0 Å². The molecule has 2 atom stereocenters. The number of nitrogens with zero attached hydrogens (tertiary/aromatic N) is 1. The Balaban J connectivity index is 1.95. The van der Waals surface area contributed by atoms with Crippen molar-refractivity contribution in [2.75, 3.05) is 13.2 Å². The van der Waals surface area contributed by atoms with Gasteiger partial charge in [0.25, 0.3) is 0 Å². The van der Waals surface area contributed by atoms with Crippen LogP contribution in [0.25, 0.3) is 0 Å². The maximum atomic E-state index is 12.3. The van der Waals surface area contributed by atoms with Crippen LogP contribution in [0.2, 0.25) is 0 Å². The minimum Gasteiger partial charge on any atom is -0.465 e. The van der Waals surface area contributed by atoms with Crippen molar-refractivity contribution in [1.82, 2.24) is 9.03 Å². The van der Waals surface area contributed by atoms with Crippen LogP contribution in [-0.4, -0.2) is 43.8 Å². The smallest absolute Gasteiger partial charge is 0.324 e. The fraction of sp³-hybridized carbons (Fsp3) is 0.857. The Labute approximate surface area is 131 Å². The van der Waals surface area contributed by atoms with E-state index in [2.05, 4.69) is 4.72 Å². The zero-order valence-corrected chi connectivity index (χ0v) is 13.9. The van der Waals surface area contributed by atoms with Gasteiger partial charge >= 0.3 is 16.2 Å². The average molecular weight is 332 g/mol. The summed E-state index contributed by atoms with van der Waals surface area (Å²) in [4.78, 5) is 23.7. The first-order valence-corrected chi connectivity index (χ1v) is 9.28. The lowest BCUT2D eigenvalue weighted by molar-refractivity contribution is -0.147. The molecule has 1 saturated heterocycles. The number of carbonyl (C=O) groups is 2. The fourth-order valence-electron chi connectivity index (χ4n) is 2.87. The second kappa shape index (κ2) is 6.95. The molecule has 2 rings (SSSR count). The van der Waals surface area contributed by atoms with Gasteiger partial charge in [0.05, 0.1) is 6.61 Å². The zero-order valence-electron chi connectivity index (χ0n) is 13.1. The topological polar surface area (TPSA) is 92.8 Å². The maximum absolute atomic E-state index is 12.3. The second-order valence-corrected chi connectivity index (χ2v) is 7.69. The van der Waals surface area contributed by atoms with E-state index < -0.39 is 28.1 Å². The molecule has 0 aromatic carbocycles. The summed E-state index contributed by atoms with van der Waals surface area (Å²) in [6.45, 7) is 4.06. The van der Waals surface area contributed by atoms with Crippen molar-refractivity contribution in [2.24, 2.45) is 11.8 Å². The Morgan fingerprint density at radius 3 is 2.59 bits per heavy atom. The van der Waals surface area contributed by atoms with Crippen LogP contribution in [0.5, 0.6) is 0 Å². The molecule has 1 aliphatic heterocycles. The maximum Gasteiger partial charge on any atom is 0.324 e. The molecule has 0 aromatic heterocycles. The molecule has 1 N–H and O–H groups in total. The molecule has 1 amide bonds. The van der Waals surface area contributed by atoms with Crippen molar-refractivity contribution in [2.45, 2.75) is 52.0 Å². The summed E-state index contributed by atoms with van der Waals surface area (Å²) < 4.78 is 32.7. The van der Waals surface area contributed by atoms with E-state index in [0.29, 0.717) is 18.8 Å². The van der Waals surface area contributed by atoms with Crippen molar-refractivity contribution in [3.63, 3.8) is 0 Å². The van der Waals surface area contributed by atoms with Gasteiger partial charge in [0.2, 0.25) is 5.91 Å². The predicted octanol–water partition coefficient (Wildman–Crippen LogP) is 0.811. The Kier molecular flexibility index (Phi) is 5.44. The molecule has 22 heavy (non-hydrogen) atoms. The van der Waals surface area contributed by atoms with Gasteiger partial charge in [0.1, 0.15) is 6.04 Å². The SMILES string of the molecule is CCOC(=O)[C@@H]1CCCN1S(=O)(=O)NC(=O)C[C@H](C)C1CC1. The lowest BCUT2D eigenvalue weighted by Gasteiger charge is -2.23. The van der Waals surface area contributed by atoms with Crippen LogP contribution in [0, 0.1) is 11.8 Å². The van der Waals surface area contributed by atoms with Crippen LogP contribution in [0.1, 0.15) is 46.0 Å². The summed E-state index contributed by atoms with van der Waals surface area (Å²) in [5.41, 5.74) is 0. The number of hydrogen-bond donors (Lipinski definition) is 1. The van der Waals surface area contributed by atoms with Crippen LogP contribution in [0.3, 0.4) is 0 Å². The average Bonchev–Trinajstić information content (AvgIpc) is 3.14. The molecule has 2 fully saturated rings. The Bertz CT molecular complexity index is 529. The number of amides is 1. The first-order chi connectivity index (χ1) is 10.3. The van der Waals surface area contributed by atoms with Crippen LogP contribution in [-0.2, 0) is 24.5 Å². The van der Waals surface area contributed by atoms with Gasteiger partial charge in [0.15, 0.2) is 0 Å². The number of ether oxygens (including phenoxy) is 1. The molecule has 1 aliphatic carbocycles. The molecular weight excluding hydrogens is 308 g/mol. The van der Waals surface area contributed by atoms with E-state index in [1.54, 1.807) is 6.92 Å². The van der Waals surface area contributed by atoms with E-state index in [0.717, 1.165) is 17.1 Å². The van der Waals surface area contributed by atoms with Gasteiger partial charge in [0, 0.05) is 13.0 Å². The highest BCUT2D eigenvalue weighted by Gasteiger charge is 2.40. The standard InChI is InChI=1S/C14H24N2O5S/c1-3-21-14(18)12-5-4-8-16(12)22(19,20)15-13(17)9-10(2)11-6-7-11/h10-12H,3-9H2,1-2H3,(H,15,17)/t10-,12-/m0/s1. The van der Waals surface area contributed by atoms with Crippen molar-refractivity contribution < 1.29 is 22.7 Å². The third-order valence-electron chi connectivity index (χ3n) is 4.25. The van der Waals surface area contributed by atoms with E-state index in [9.17, 15) is 18.0 Å². The number of nitrogens with one attached hydrogen (secondary N) is 1. The van der Waals surface area contributed by atoms with Gasteiger partial charge in [-0.1, -0.05) is 6.92 Å². The first-order valence-electron chi connectivity index (χ1n) is 7.84. The normalized spacial score (nSPS) is 24.0. The van der Waals surface area contributed by atoms with E-state index >= 15 is 0 Å². The minimum atomic E-state index is -3.99. The van der Waals surface area contributed by atoms with E-state index in [1.165, 1.54) is 0 Å². The molecule has 2 aliphatic rings. The fourth-order valence-corrected chi connectivity index (χ4v) is 4.25. The lowest BCUT2D eigenvalue weighted by Crippen LogP contribution is -2.48. The summed E-state index contributed by atoms with van der Waals surface area (Å²) in [5, 5.41) is 0. The highest BCUT2D eigenvalue weighted by Crippen LogP contribution is 2.38. The van der Waals surface area contributed by atoms with E-state index in [-0.39, 0.29) is 25.5 Å². The molecule has 0 spiro atoms. The largest absolute Gasteiger partial charge is 0.465 e. The molecule has 8 heteroatoms. The number of carbonyl (C=O) groups excluding carboxylic acids is 2. The monoisotopic (exact) mass is 332 g/mol. The molecule has 0 aromatic rings. The van der Waals surface area contributed by atoms with Crippen LogP contribution >= 0.6 is 0 Å². The van der Waals surface area contributed by atoms with Crippen molar-refractivity contribution in [1.29, 1.82) is 0 Å².